The smallest absolute Gasteiger partial charge is 0.243 e. The molecule has 1 aliphatic carbocycles. The highest BCUT2D eigenvalue weighted by atomic mass is 32.2. The van der Waals surface area contributed by atoms with Gasteiger partial charge in [-0.2, -0.15) is 0 Å². The molecule has 3 atom stereocenters. The molecule has 2 N–H and O–H groups in total. The van der Waals surface area contributed by atoms with Crippen LogP contribution in [0.2, 0.25) is 0 Å². The Hall–Kier alpha value is -1.05. The SMILES string of the molecule is O=S(=O)(NC1CC[C@H]2CNC[C@H]2C1)c1ccc(F)cc1F. The van der Waals surface area contributed by atoms with Gasteiger partial charge in [-0.05, 0) is 56.3 Å². The van der Waals surface area contributed by atoms with E-state index in [1.165, 1.54) is 0 Å². The maximum atomic E-state index is 13.6. The van der Waals surface area contributed by atoms with E-state index in [1.807, 2.05) is 0 Å². The third-order valence-electron chi connectivity index (χ3n) is 4.46. The lowest BCUT2D eigenvalue weighted by atomic mass is 9.79. The normalized spacial score (nSPS) is 29.3. The molecule has 2 aliphatic rings. The molecule has 1 aromatic carbocycles. The minimum atomic E-state index is -3.95. The van der Waals surface area contributed by atoms with Crippen molar-refractivity contribution in [2.24, 2.45) is 11.8 Å². The molecule has 1 aromatic rings. The highest BCUT2D eigenvalue weighted by Crippen LogP contribution is 2.33. The molecule has 1 heterocycles. The summed E-state index contributed by atoms with van der Waals surface area (Å²) in [5.41, 5.74) is 0. The van der Waals surface area contributed by atoms with Crippen molar-refractivity contribution in [3.8, 4) is 0 Å². The molecule has 7 heteroatoms. The molecule has 21 heavy (non-hydrogen) atoms. The zero-order valence-corrected chi connectivity index (χ0v) is 12.3. The first-order chi connectivity index (χ1) is 9.95. The maximum absolute atomic E-state index is 13.6. The molecule has 1 saturated heterocycles. The Bertz CT molecular complexity index is 636. The van der Waals surface area contributed by atoms with Gasteiger partial charge in [0.1, 0.15) is 16.5 Å². The van der Waals surface area contributed by atoms with Gasteiger partial charge < -0.3 is 5.32 Å². The second-order valence-electron chi connectivity index (χ2n) is 5.88. The highest BCUT2D eigenvalue weighted by molar-refractivity contribution is 7.89. The first kappa shape index (κ1) is 14.9. The van der Waals surface area contributed by atoms with Gasteiger partial charge in [0.05, 0.1) is 0 Å². The molecule has 0 spiro atoms. The molecule has 0 bridgehead atoms. The largest absolute Gasteiger partial charge is 0.316 e. The number of halogens is 2. The lowest BCUT2D eigenvalue weighted by molar-refractivity contribution is 0.260. The number of fused-ring (bicyclic) bond motifs is 1. The third kappa shape index (κ3) is 3.09. The van der Waals surface area contributed by atoms with Gasteiger partial charge in [0.2, 0.25) is 10.0 Å². The number of rotatable bonds is 3. The molecule has 1 unspecified atom stereocenters. The van der Waals surface area contributed by atoms with E-state index in [4.69, 9.17) is 0 Å². The molecular weight excluding hydrogens is 298 g/mol. The minimum Gasteiger partial charge on any atom is -0.316 e. The van der Waals surface area contributed by atoms with Crippen molar-refractivity contribution in [2.75, 3.05) is 13.1 Å². The average molecular weight is 316 g/mol. The summed E-state index contributed by atoms with van der Waals surface area (Å²) in [4.78, 5) is -0.490. The third-order valence-corrected chi connectivity index (χ3v) is 6.01. The molecule has 116 valence electrons. The first-order valence-corrected chi connectivity index (χ1v) is 8.62. The number of hydrogen-bond donors (Lipinski definition) is 2. The summed E-state index contributed by atoms with van der Waals surface area (Å²) in [5.74, 6) is -0.750. The molecule has 0 amide bonds. The summed E-state index contributed by atoms with van der Waals surface area (Å²) in [6, 6.07) is 2.33. The van der Waals surface area contributed by atoms with E-state index in [9.17, 15) is 17.2 Å². The van der Waals surface area contributed by atoms with E-state index in [-0.39, 0.29) is 6.04 Å². The molecule has 1 aliphatic heterocycles. The predicted molar refractivity (Wildman–Crippen MR) is 74.2 cm³/mol. The van der Waals surface area contributed by atoms with Crippen LogP contribution >= 0.6 is 0 Å². The van der Waals surface area contributed by atoms with Crippen LogP contribution in [0.1, 0.15) is 19.3 Å². The fourth-order valence-corrected chi connectivity index (χ4v) is 4.73. The van der Waals surface area contributed by atoms with Crippen LogP contribution in [-0.4, -0.2) is 27.5 Å². The number of sulfonamides is 1. The molecule has 3 rings (SSSR count). The molecular formula is C14H18F2N2O2S. The Morgan fingerprint density at radius 2 is 1.90 bits per heavy atom. The summed E-state index contributed by atoms with van der Waals surface area (Å²) in [7, 11) is -3.95. The Morgan fingerprint density at radius 3 is 2.67 bits per heavy atom. The van der Waals surface area contributed by atoms with Crippen molar-refractivity contribution in [1.29, 1.82) is 0 Å². The van der Waals surface area contributed by atoms with Gasteiger partial charge in [-0.25, -0.2) is 21.9 Å². The topological polar surface area (TPSA) is 58.2 Å². The molecule has 0 radical (unpaired) electrons. The van der Waals surface area contributed by atoms with Crippen LogP contribution in [0, 0.1) is 23.5 Å². The van der Waals surface area contributed by atoms with Crippen LogP contribution in [0.5, 0.6) is 0 Å². The van der Waals surface area contributed by atoms with Crippen LogP contribution in [0.3, 0.4) is 0 Å². The van der Waals surface area contributed by atoms with Crippen molar-refractivity contribution in [3.05, 3.63) is 29.8 Å². The second-order valence-corrected chi connectivity index (χ2v) is 7.57. The first-order valence-electron chi connectivity index (χ1n) is 7.14. The molecule has 4 nitrogen and oxygen atoms in total. The summed E-state index contributed by atoms with van der Waals surface area (Å²) >= 11 is 0. The van der Waals surface area contributed by atoms with E-state index < -0.39 is 26.6 Å². The van der Waals surface area contributed by atoms with Gasteiger partial charge in [-0.15, -0.1) is 0 Å². The van der Waals surface area contributed by atoms with Crippen LogP contribution in [-0.2, 0) is 10.0 Å². The number of benzene rings is 1. The monoisotopic (exact) mass is 316 g/mol. The van der Waals surface area contributed by atoms with Gasteiger partial charge in [0.15, 0.2) is 0 Å². The Balaban J connectivity index is 1.74. The lowest BCUT2D eigenvalue weighted by Gasteiger charge is -2.31. The van der Waals surface area contributed by atoms with E-state index in [2.05, 4.69) is 10.0 Å². The second kappa shape index (κ2) is 5.62. The van der Waals surface area contributed by atoms with E-state index >= 15 is 0 Å². The predicted octanol–water partition coefficient (Wildman–Crippen LogP) is 1.63. The molecule has 2 fully saturated rings. The van der Waals surface area contributed by atoms with Crippen LogP contribution < -0.4 is 10.0 Å². The quantitative estimate of drug-likeness (QED) is 0.891. The lowest BCUT2D eigenvalue weighted by Crippen LogP contribution is -2.40. The standard InChI is InChI=1S/C14H18F2N2O2S/c15-11-2-4-14(13(16)6-11)21(19,20)18-12-3-1-9-7-17-8-10(9)5-12/h2,4,6,9-10,12,17-18H,1,3,5,7-8H2/t9-,10+,12?/m0/s1. The van der Waals surface area contributed by atoms with Crippen molar-refractivity contribution in [1.82, 2.24) is 10.0 Å². The molecule has 1 saturated carbocycles. The number of hydrogen-bond acceptors (Lipinski definition) is 3. The van der Waals surface area contributed by atoms with Gasteiger partial charge >= 0.3 is 0 Å². The maximum Gasteiger partial charge on any atom is 0.243 e. The zero-order valence-electron chi connectivity index (χ0n) is 11.5. The summed E-state index contributed by atoms with van der Waals surface area (Å²) in [6.07, 6.45) is 2.49. The van der Waals surface area contributed by atoms with Crippen LogP contribution in [0.4, 0.5) is 8.78 Å². The Morgan fingerprint density at radius 1 is 1.14 bits per heavy atom. The summed E-state index contributed by atoms with van der Waals surface area (Å²) in [6.45, 7) is 1.91. The van der Waals surface area contributed by atoms with Crippen molar-refractivity contribution in [2.45, 2.75) is 30.2 Å². The average Bonchev–Trinajstić information content (AvgIpc) is 2.85. The van der Waals surface area contributed by atoms with Crippen molar-refractivity contribution >= 4 is 10.0 Å². The Labute approximate surface area is 123 Å². The highest BCUT2D eigenvalue weighted by Gasteiger charge is 2.35. The fourth-order valence-electron chi connectivity index (χ4n) is 3.38. The van der Waals surface area contributed by atoms with Crippen LogP contribution in [0.15, 0.2) is 23.1 Å². The Kier molecular flexibility index (Phi) is 3.98. The van der Waals surface area contributed by atoms with Gasteiger partial charge in [0, 0.05) is 12.1 Å². The van der Waals surface area contributed by atoms with Crippen molar-refractivity contribution in [3.63, 3.8) is 0 Å². The van der Waals surface area contributed by atoms with Gasteiger partial charge in [0.25, 0.3) is 0 Å². The van der Waals surface area contributed by atoms with E-state index in [0.717, 1.165) is 44.5 Å². The summed E-state index contributed by atoms with van der Waals surface area (Å²) < 4.78 is 53.6. The van der Waals surface area contributed by atoms with Gasteiger partial charge in [-0.3, -0.25) is 0 Å². The minimum absolute atomic E-state index is 0.180. The van der Waals surface area contributed by atoms with E-state index in [0.29, 0.717) is 17.9 Å². The number of nitrogens with one attached hydrogen (secondary N) is 2. The zero-order chi connectivity index (χ0) is 15.0. The summed E-state index contributed by atoms with van der Waals surface area (Å²) in [5, 5.41) is 3.32. The van der Waals surface area contributed by atoms with Crippen molar-refractivity contribution < 1.29 is 17.2 Å². The van der Waals surface area contributed by atoms with Gasteiger partial charge in [-0.1, -0.05) is 0 Å². The fraction of sp³-hybridized carbons (Fsp3) is 0.571. The molecule has 0 aromatic heterocycles. The van der Waals surface area contributed by atoms with E-state index in [1.54, 1.807) is 0 Å². The van der Waals surface area contributed by atoms with Crippen LogP contribution in [0.25, 0.3) is 0 Å².